The fourth-order valence-corrected chi connectivity index (χ4v) is 1.36. The molecule has 1 aromatic carbocycles. The molecule has 0 aliphatic carbocycles. The third kappa shape index (κ3) is 2.89. The Morgan fingerprint density at radius 1 is 1.38 bits per heavy atom. The Morgan fingerprint density at radius 3 is 2.56 bits per heavy atom. The second-order valence-corrected chi connectivity index (χ2v) is 3.40. The average Bonchev–Trinajstić information content (AvgIpc) is 2.25. The lowest BCUT2D eigenvalue weighted by Crippen LogP contribution is -1.97. The first-order valence-corrected chi connectivity index (χ1v) is 4.93. The van der Waals surface area contributed by atoms with E-state index in [2.05, 4.69) is 5.16 Å². The van der Waals surface area contributed by atoms with E-state index in [0.717, 1.165) is 17.7 Å². The molecule has 2 nitrogen and oxygen atoms in total. The van der Waals surface area contributed by atoms with Gasteiger partial charge in [0.05, 0.1) is 5.71 Å². The first-order chi connectivity index (χ1) is 7.58. The fraction of sp³-hybridized carbons (Fsp3) is 0.250. The van der Waals surface area contributed by atoms with Crippen molar-refractivity contribution in [3.63, 3.8) is 0 Å². The van der Waals surface area contributed by atoms with Crippen LogP contribution in [0.25, 0.3) is 6.08 Å². The summed E-state index contributed by atoms with van der Waals surface area (Å²) in [7, 11) is 0. The highest BCUT2D eigenvalue weighted by Gasteiger charge is 2.03. The molecule has 0 fully saturated rings. The van der Waals surface area contributed by atoms with Crippen molar-refractivity contribution in [2.75, 3.05) is 0 Å². The quantitative estimate of drug-likeness (QED) is 0.475. The third-order valence-electron chi connectivity index (χ3n) is 2.24. The van der Waals surface area contributed by atoms with Gasteiger partial charge >= 0.3 is 0 Å². The van der Waals surface area contributed by atoms with Crippen LogP contribution in [0.4, 0.5) is 8.78 Å². The van der Waals surface area contributed by atoms with Crippen LogP contribution in [0.1, 0.15) is 25.8 Å². The molecule has 0 heterocycles. The Bertz CT molecular complexity index is 439. The molecule has 0 atom stereocenters. The van der Waals surface area contributed by atoms with Gasteiger partial charge in [0.1, 0.15) is 0 Å². The van der Waals surface area contributed by atoms with Crippen molar-refractivity contribution < 1.29 is 14.0 Å². The average molecular weight is 225 g/mol. The van der Waals surface area contributed by atoms with Crippen LogP contribution in [0.15, 0.2) is 28.9 Å². The molecule has 1 N–H and O–H groups in total. The van der Waals surface area contributed by atoms with Gasteiger partial charge in [-0.3, -0.25) is 0 Å². The summed E-state index contributed by atoms with van der Waals surface area (Å²) in [6, 6.07) is 3.63. The first-order valence-electron chi connectivity index (χ1n) is 4.93. The number of rotatable bonds is 3. The summed E-state index contributed by atoms with van der Waals surface area (Å²) >= 11 is 0. The van der Waals surface area contributed by atoms with Gasteiger partial charge in [-0.25, -0.2) is 8.78 Å². The summed E-state index contributed by atoms with van der Waals surface area (Å²) in [6.45, 7) is 3.59. The molecular formula is C12H13F2NO. The predicted octanol–water partition coefficient (Wildman–Crippen LogP) is 3.61. The smallest absolute Gasteiger partial charge is 0.159 e. The van der Waals surface area contributed by atoms with Crippen LogP contribution >= 0.6 is 0 Å². The topological polar surface area (TPSA) is 32.6 Å². The number of nitrogens with zero attached hydrogens (tertiary/aromatic N) is 1. The summed E-state index contributed by atoms with van der Waals surface area (Å²) in [5.74, 6) is -1.76. The number of hydrogen-bond donors (Lipinski definition) is 1. The van der Waals surface area contributed by atoms with Gasteiger partial charge in [-0.1, -0.05) is 24.2 Å². The van der Waals surface area contributed by atoms with E-state index in [-0.39, 0.29) is 0 Å². The maximum atomic E-state index is 12.9. The second-order valence-electron chi connectivity index (χ2n) is 3.40. The van der Waals surface area contributed by atoms with Crippen molar-refractivity contribution in [3.05, 3.63) is 41.0 Å². The molecule has 1 rings (SSSR count). The van der Waals surface area contributed by atoms with Crippen molar-refractivity contribution >= 4 is 11.8 Å². The lowest BCUT2D eigenvalue weighted by atomic mass is 10.1. The van der Waals surface area contributed by atoms with Crippen LogP contribution in [0, 0.1) is 11.6 Å². The molecule has 0 aromatic heterocycles. The fourth-order valence-electron chi connectivity index (χ4n) is 1.36. The van der Waals surface area contributed by atoms with Gasteiger partial charge in [-0.05, 0) is 36.6 Å². The van der Waals surface area contributed by atoms with Crippen LogP contribution in [-0.4, -0.2) is 10.9 Å². The second kappa shape index (κ2) is 5.39. The third-order valence-corrected chi connectivity index (χ3v) is 2.24. The maximum Gasteiger partial charge on any atom is 0.159 e. The number of oxime groups is 1. The van der Waals surface area contributed by atoms with Crippen LogP contribution < -0.4 is 0 Å². The summed E-state index contributed by atoms with van der Waals surface area (Å²) < 4.78 is 25.6. The van der Waals surface area contributed by atoms with Crippen LogP contribution in [-0.2, 0) is 0 Å². The monoisotopic (exact) mass is 225 g/mol. The van der Waals surface area contributed by atoms with Crippen LogP contribution in [0.3, 0.4) is 0 Å². The van der Waals surface area contributed by atoms with E-state index in [9.17, 15) is 8.78 Å². The molecule has 0 aliphatic rings. The Kier molecular flexibility index (Phi) is 4.17. The minimum absolute atomic E-state index is 0.518. The molecule has 86 valence electrons. The van der Waals surface area contributed by atoms with Gasteiger partial charge in [0, 0.05) is 0 Å². The van der Waals surface area contributed by atoms with Gasteiger partial charge in [0.2, 0.25) is 0 Å². The zero-order valence-electron chi connectivity index (χ0n) is 9.17. The number of allylic oxidation sites excluding steroid dienone is 1. The minimum Gasteiger partial charge on any atom is -0.411 e. The molecule has 0 radical (unpaired) electrons. The Balaban J connectivity index is 3.03. The van der Waals surface area contributed by atoms with Gasteiger partial charge in [0.25, 0.3) is 0 Å². The number of halogens is 2. The predicted molar refractivity (Wildman–Crippen MR) is 59.5 cm³/mol. The van der Waals surface area contributed by atoms with Gasteiger partial charge in [-0.15, -0.1) is 0 Å². The molecule has 0 unspecified atom stereocenters. The molecule has 0 spiro atoms. The van der Waals surface area contributed by atoms with Gasteiger partial charge in [0.15, 0.2) is 11.6 Å². The summed E-state index contributed by atoms with van der Waals surface area (Å²) in [5, 5.41) is 11.8. The highest BCUT2D eigenvalue weighted by molar-refractivity contribution is 6.02. The molecule has 4 heteroatoms. The summed E-state index contributed by atoms with van der Waals surface area (Å²) in [4.78, 5) is 0. The van der Waals surface area contributed by atoms with Crippen molar-refractivity contribution in [3.8, 4) is 0 Å². The summed E-state index contributed by atoms with van der Waals surface area (Å²) in [5.41, 5.74) is 1.77. The van der Waals surface area contributed by atoms with Crippen molar-refractivity contribution in [1.29, 1.82) is 0 Å². The lowest BCUT2D eigenvalue weighted by molar-refractivity contribution is 0.318. The van der Waals surface area contributed by atoms with E-state index < -0.39 is 11.6 Å². The molecule has 0 amide bonds. The largest absolute Gasteiger partial charge is 0.411 e. The highest BCUT2D eigenvalue weighted by atomic mass is 19.2. The Morgan fingerprint density at radius 2 is 2.06 bits per heavy atom. The number of hydrogen-bond acceptors (Lipinski definition) is 2. The maximum absolute atomic E-state index is 12.9. The van der Waals surface area contributed by atoms with Crippen molar-refractivity contribution in [2.45, 2.75) is 20.3 Å². The van der Waals surface area contributed by atoms with E-state index in [1.165, 1.54) is 6.07 Å². The van der Waals surface area contributed by atoms with E-state index in [1.54, 1.807) is 13.0 Å². The lowest BCUT2D eigenvalue weighted by Gasteiger charge is -2.02. The minimum atomic E-state index is -0.888. The van der Waals surface area contributed by atoms with Crippen LogP contribution in [0.5, 0.6) is 0 Å². The van der Waals surface area contributed by atoms with E-state index in [4.69, 9.17) is 5.21 Å². The molecular weight excluding hydrogens is 212 g/mol. The van der Waals surface area contributed by atoms with Crippen molar-refractivity contribution in [2.24, 2.45) is 5.16 Å². The molecule has 16 heavy (non-hydrogen) atoms. The highest BCUT2D eigenvalue weighted by Crippen LogP contribution is 2.13. The Labute approximate surface area is 92.9 Å². The zero-order valence-corrected chi connectivity index (χ0v) is 9.17. The number of benzene rings is 1. The van der Waals surface area contributed by atoms with Crippen molar-refractivity contribution in [1.82, 2.24) is 0 Å². The molecule has 0 aliphatic heterocycles. The zero-order chi connectivity index (χ0) is 12.1. The van der Waals surface area contributed by atoms with E-state index in [0.29, 0.717) is 17.7 Å². The normalized spacial score (nSPS) is 13.0. The van der Waals surface area contributed by atoms with Gasteiger partial charge < -0.3 is 5.21 Å². The van der Waals surface area contributed by atoms with Gasteiger partial charge in [-0.2, -0.15) is 0 Å². The summed E-state index contributed by atoms with van der Waals surface area (Å²) in [6.07, 6.45) is 2.21. The Hall–Kier alpha value is -1.71. The molecule has 1 aromatic rings. The standard InChI is InChI=1S/C12H13F2NO/c1-3-12(15-16)8(2)6-9-4-5-10(13)11(14)7-9/h4-7,16H,3H2,1-2H3/b8-6+,15-12+. The van der Waals surface area contributed by atoms with Crippen LogP contribution in [0.2, 0.25) is 0 Å². The van der Waals surface area contributed by atoms with E-state index >= 15 is 0 Å². The SMILES string of the molecule is CCC(=N\O)/C(C)=C/c1ccc(F)c(F)c1. The molecule has 0 bridgehead atoms. The van der Waals surface area contributed by atoms with E-state index in [1.807, 2.05) is 6.92 Å². The molecule has 0 saturated carbocycles. The first kappa shape index (κ1) is 12.4. The molecule has 0 saturated heterocycles.